The van der Waals surface area contributed by atoms with Gasteiger partial charge in [-0.3, -0.25) is 4.90 Å². The van der Waals surface area contributed by atoms with E-state index in [4.69, 9.17) is 14.3 Å². The average Bonchev–Trinajstić information content (AvgIpc) is 3.22. The van der Waals surface area contributed by atoms with Gasteiger partial charge in [-0.15, -0.1) is 0 Å². The maximum atomic E-state index is 13.2. The van der Waals surface area contributed by atoms with Gasteiger partial charge in [-0.25, -0.2) is 4.39 Å². The van der Waals surface area contributed by atoms with Crippen LogP contribution in [0.15, 0.2) is 53.7 Å². The van der Waals surface area contributed by atoms with E-state index in [0.29, 0.717) is 38.6 Å². The highest BCUT2D eigenvalue weighted by atomic mass is 19.1. The van der Waals surface area contributed by atoms with E-state index in [0.717, 1.165) is 22.6 Å². The number of oxime groups is 1. The Morgan fingerprint density at radius 1 is 1.19 bits per heavy atom. The second-order valence-electron chi connectivity index (χ2n) is 8.61. The lowest BCUT2D eigenvalue weighted by Gasteiger charge is -2.27. The lowest BCUT2D eigenvalue weighted by Crippen LogP contribution is -2.39. The van der Waals surface area contributed by atoms with Crippen LogP contribution in [-0.2, 0) is 16.1 Å². The lowest BCUT2D eigenvalue weighted by molar-refractivity contribution is -0.00735. The molecule has 0 radical (unpaired) electrons. The number of ether oxygens (including phenoxy) is 2. The summed E-state index contributed by atoms with van der Waals surface area (Å²) in [5.41, 5.74) is 2.74. The standard InChI is InChI=1S/C25H33FN2O4/c1-18(2)16-31-17-22(29)14-28(13-19-5-4-6-23(11-19)30-3)15-24-12-25(27-32-24)20-7-9-21(26)10-8-20/h4-11,18,22,24,29H,12-17H2,1-3H3. The zero-order chi connectivity index (χ0) is 22.9. The Kier molecular flexibility index (Phi) is 9.02. The maximum Gasteiger partial charge on any atom is 0.145 e. The van der Waals surface area contributed by atoms with E-state index >= 15 is 0 Å². The van der Waals surface area contributed by atoms with E-state index in [-0.39, 0.29) is 18.5 Å². The molecule has 1 N–H and O–H groups in total. The summed E-state index contributed by atoms with van der Waals surface area (Å²) >= 11 is 0. The van der Waals surface area contributed by atoms with Crippen LogP contribution in [0.4, 0.5) is 4.39 Å². The van der Waals surface area contributed by atoms with Crippen molar-refractivity contribution in [2.24, 2.45) is 11.1 Å². The molecule has 2 atom stereocenters. The molecule has 0 saturated carbocycles. The van der Waals surface area contributed by atoms with Gasteiger partial charge in [0.2, 0.25) is 0 Å². The summed E-state index contributed by atoms with van der Waals surface area (Å²) in [5.74, 6) is 0.939. The van der Waals surface area contributed by atoms with Gasteiger partial charge in [-0.1, -0.05) is 43.3 Å². The third kappa shape index (κ3) is 7.58. The smallest absolute Gasteiger partial charge is 0.145 e. The number of hydrogen-bond acceptors (Lipinski definition) is 6. The Morgan fingerprint density at radius 3 is 2.69 bits per heavy atom. The van der Waals surface area contributed by atoms with Crippen LogP contribution in [0.3, 0.4) is 0 Å². The molecular formula is C25H33FN2O4. The Labute approximate surface area is 189 Å². The van der Waals surface area contributed by atoms with Gasteiger partial charge in [0.05, 0.1) is 25.5 Å². The molecule has 0 spiro atoms. The average molecular weight is 445 g/mol. The van der Waals surface area contributed by atoms with Crippen LogP contribution in [0.25, 0.3) is 0 Å². The van der Waals surface area contributed by atoms with Gasteiger partial charge in [-0.05, 0) is 41.3 Å². The molecule has 7 heteroatoms. The normalized spacial score (nSPS) is 16.8. The molecule has 32 heavy (non-hydrogen) atoms. The van der Waals surface area contributed by atoms with Crippen LogP contribution in [0, 0.1) is 11.7 Å². The molecular weight excluding hydrogens is 411 g/mol. The molecule has 0 saturated heterocycles. The van der Waals surface area contributed by atoms with E-state index in [9.17, 15) is 9.50 Å². The van der Waals surface area contributed by atoms with Gasteiger partial charge in [0, 0.05) is 32.7 Å². The highest BCUT2D eigenvalue weighted by Crippen LogP contribution is 2.20. The number of halogens is 1. The zero-order valence-electron chi connectivity index (χ0n) is 19.0. The van der Waals surface area contributed by atoms with Crippen LogP contribution < -0.4 is 4.74 Å². The summed E-state index contributed by atoms with van der Waals surface area (Å²) in [7, 11) is 1.65. The molecule has 6 nitrogen and oxygen atoms in total. The minimum atomic E-state index is -0.613. The highest BCUT2D eigenvalue weighted by Gasteiger charge is 2.26. The van der Waals surface area contributed by atoms with Gasteiger partial charge in [0.15, 0.2) is 0 Å². The first kappa shape index (κ1) is 24.2. The summed E-state index contributed by atoms with van der Waals surface area (Å²) in [6.07, 6.45) is -0.136. The fourth-order valence-corrected chi connectivity index (χ4v) is 3.65. The molecule has 2 unspecified atom stereocenters. The fourth-order valence-electron chi connectivity index (χ4n) is 3.65. The van der Waals surface area contributed by atoms with Gasteiger partial charge < -0.3 is 19.4 Å². The van der Waals surface area contributed by atoms with Crippen molar-refractivity contribution in [1.82, 2.24) is 4.90 Å². The van der Waals surface area contributed by atoms with Crippen LogP contribution in [0.1, 0.15) is 31.4 Å². The van der Waals surface area contributed by atoms with Gasteiger partial charge >= 0.3 is 0 Å². The summed E-state index contributed by atoms with van der Waals surface area (Å²) < 4.78 is 24.2. The molecule has 0 aliphatic carbocycles. The number of aliphatic hydroxyl groups is 1. The van der Waals surface area contributed by atoms with E-state index in [1.165, 1.54) is 12.1 Å². The largest absolute Gasteiger partial charge is 0.497 e. The van der Waals surface area contributed by atoms with Crippen molar-refractivity contribution < 1.29 is 23.8 Å². The van der Waals surface area contributed by atoms with E-state index in [2.05, 4.69) is 23.9 Å². The van der Waals surface area contributed by atoms with Crippen LogP contribution in [0.2, 0.25) is 0 Å². The Morgan fingerprint density at radius 2 is 1.97 bits per heavy atom. The quantitative estimate of drug-likeness (QED) is 0.539. The predicted molar refractivity (Wildman–Crippen MR) is 122 cm³/mol. The maximum absolute atomic E-state index is 13.2. The molecule has 0 amide bonds. The highest BCUT2D eigenvalue weighted by molar-refractivity contribution is 6.01. The van der Waals surface area contributed by atoms with Gasteiger partial charge in [0.25, 0.3) is 0 Å². The second-order valence-corrected chi connectivity index (χ2v) is 8.61. The molecule has 2 aromatic rings. The van der Waals surface area contributed by atoms with Crippen molar-refractivity contribution in [3.63, 3.8) is 0 Å². The fraction of sp³-hybridized carbons (Fsp3) is 0.480. The topological polar surface area (TPSA) is 63.5 Å². The third-order valence-electron chi connectivity index (χ3n) is 5.14. The molecule has 1 aliphatic heterocycles. The minimum absolute atomic E-state index is 0.149. The minimum Gasteiger partial charge on any atom is -0.497 e. The SMILES string of the molecule is COc1cccc(CN(CC(O)COCC(C)C)CC2CC(c3ccc(F)cc3)=NO2)c1. The van der Waals surface area contributed by atoms with E-state index in [1.54, 1.807) is 19.2 Å². The Balaban J connectivity index is 1.61. The molecule has 1 aliphatic rings. The Hall–Kier alpha value is -2.48. The molecule has 0 aromatic heterocycles. The zero-order valence-corrected chi connectivity index (χ0v) is 19.0. The van der Waals surface area contributed by atoms with Crippen molar-refractivity contribution in [2.45, 2.75) is 39.0 Å². The molecule has 2 aromatic carbocycles. The van der Waals surface area contributed by atoms with Crippen molar-refractivity contribution in [3.8, 4) is 5.75 Å². The third-order valence-corrected chi connectivity index (χ3v) is 5.14. The van der Waals surface area contributed by atoms with Crippen molar-refractivity contribution in [2.75, 3.05) is 33.4 Å². The number of aliphatic hydroxyl groups excluding tert-OH is 1. The number of methoxy groups -OCH3 is 1. The summed E-state index contributed by atoms with van der Waals surface area (Å²) in [4.78, 5) is 7.82. The van der Waals surface area contributed by atoms with Crippen molar-refractivity contribution >= 4 is 5.71 Å². The lowest BCUT2D eigenvalue weighted by atomic mass is 10.0. The number of nitrogens with zero attached hydrogens (tertiary/aromatic N) is 2. The van der Waals surface area contributed by atoms with E-state index in [1.807, 2.05) is 24.3 Å². The Bertz CT molecular complexity index is 873. The predicted octanol–water partition coefficient (Wildman–Crippen LogP) is 3.86. The summed E-state index contributed by atoms with van der Waals surface area (Å²) in [5, 5.41) is 14.8. The molecule has 1 heterocycles. The van der Waals surface area contributed by atoms with Crippen LogP contribution in [0.5, 0.6) is 5.75 Å². The first-order chi connectivity index (χ1) is 15.4. The molecule has 3 rings (SSSR count). The number of hydrogen-bond donors (Lipinski definition) is 1. The van der Waals surface area contributed by atoms with Crippen LogP contribution in [-0.4, -0.2) is 61.3 Å². The van der Waals surface area contributed by atoms with Gasteiger partial charge in [0.1, 0.15) is 17.7 Å². The number of rotatable bonds is 12. The summed E-state index contributed by atoms with van der Waals surface area (Å²) in [6, 6.07) is 14.2. The number of benzene rings is 2. The summed E-state index contributed by atoms with van der Waals surface area (Å²) in [6.45, 7) is 6.73. The second kappa shape index (κ2) is 11.9. The van der Waals surface area contributed by atoms with Crippen molar-refractivity contribution in [1.29, 1.82) is 0 Å². The molecule has 0 bridgehead atoms. The molecule has 174 valence electrons. The monoisotopic (exact) mass is 444 g/mol. The van der Waals surface area contributed by atoms with E-state index < -0.39 is 6.10 Å². The molecule has 0 fully saturated rings. The first-order valence-electron chi connectivity index (χ1n) is 11.0. The van der Waals surface area contributed by atoms with Crippen molar-refractivity contribution in [3.05, 3.63) is 65.5 Å². The van der Waals surface area contributed by atoms with Gasteiger partial charge in [-0.2, -0.15) is 0 Å². The van der Waals surface area contributed by atoms with Crippen LogP contribution >= 0.6 is 0 Å². The first-order valence-corrected chi connectivity index (χ1v) is 11.0.